The van der Waals surface area contributed by atoms with E-state index in [0.717, 1.165) is 25.1 Å². The minimum absolute atomic E-state index is 0.0596. The molecule has 0 bridgehead atoms. The first-order valence-electron chi connectivity index (χ1n) is 4.51. The number of carbonyl (C=O) groups excluding carboxylic acids is 1. The maximum absolute atomic E-state index is 11.1. The van der Waals surface area contributed by atoms with Crippen molar-refractivity contribution in [2.75, 3.05) is 6.54 Å². The van der Waals surface area contributed by atoms with Gasteiger partial charge >= 0.3 is 0 Å². The second-order valence-corrected chi connectivity index (χ2v) is 3.46. The van der Waals surface area contributed by atoms with Crippen LogP contribution < -0.4 is 5.73 Å². The van der Waals surface area contributed by atoms with E-state index in [4.69, 9.17) is 5.73 Å². The first-order valence-corrected chi connectivity index (χ1v) is 4.51. The van der Waals surface area contributed by atoms with E-state index in [-0.39, 0.29) is 11.3 Å². The molecule has 14 heavy (non-hydrogen) atoms. The van der Waals surface area contributed by atoms with Gasteiger partial charge in [-0.05, 0) is 12.8 Å². The topological polar surface area (TPSA) is 66.6 Å². The SMILES string of the molecule is C=C1C(C(N)=O)=C(O)C=C2CCCN12. The monoisotopic (exact) mass is 192 g/mol. The fourth-order valence-corrected chi connectivity index (χ4v) is 1.94. The molecule has 2 heterocycles. The van der Waals surface area contributed by atoms with Crippen molar-refractivity contribution in [2.24, 2.45) is 5.73 Å². The number of hydrogen-bond acceptors (Lipinski definition) is 3. The second-order valence-electron chi connectivity index (χ2n) is 3.46. The van der Waals surface area contributed by atoms with Crippen molar-refractivity contribution in [1.29, 1.82) is 0 Å². The Hall–Kier alpha value is -1.71. The van der Waals surface area contributed by atoms with Gasteiger partial charge in [0.1, 0.15) is 11.3 Å². The second kappa shape index (κ2) is 2.90. The van der Waals surface area contributed by atoms with Gasteiger partial charge in [-0.25, -0.2) is 0 Å². The molecule has 0 saturated carbocycles. The molecular weight excluding hydrogens is 180 g/mol. The number of nitrogens with two attached hydrogens (primary N) is 1. The summed E-state index contributed by atoms with van der Waals surface area (Å²) in [6.45, 7) is 4.62. The smallest absolute Gasteiger partial charge is 0.254 e. The molecule has 2 rings (SSSR count). The van der Waals surface area contributed by atoms with Crippen LogP contribution in [0.15, 0.2) is 35.4 Å². The summed E-state index contributed by atoms with van der Waals surface area (Å²) in [5, 5.41) is 9.57. The molecule has 0 atom stereocenters. The Bertz CT molecular complexity index is 380. The number of rotatable bonds is 1. The molecule has 0 aromatic carbocycles. The van der Waals surface area contributed by atoms with E-state index in [9.17, 15) is 9.90 Å². The summed E-state index contributed by atoms with van der Waals surface area (Å²) in [4.78, 5) is 13.0. The van der Waals surface area contributed by atoms with Gasteiger partial charge in [0.05, 0.1) is 5.70 Å². The quantitative estimate of drug-likeness (QED) is 0.645. The average molecular weight is 192 g/mol. The van der Waals surface area contributed by atoms with Gasteiger partial charge in [0.15, 0.2) is 0 Å². The van der Waals surface area contributed by atoms with Crippen molar-refractivity contribution in [3.05, 3.63) is 35.4 Å². The highest BCUT2D eigenvalue weighted by Gasteiger charge is 2.29. The lowest BCUT2D eigenvalue weighted by molar-refractivity contribution is -0.114. The zero-order valence-electron chi connectivity index (χ0n) is 7.79. The Kier molecular flexibility index (Phi) is 1.84. The number of aliphatic hydroxyl groups is 1. The summed E-state index contributed by atoms with van der Waals surface area (Å²) in [7, 11) is 0. The van der Waals surface area contributed by atoms with Gasteiger partial charge in [-0.1, -0.05) is 6.58 Å². The molecule has 0 unspecified atom stereocenters. The fourth-order valence-electron chi connectivity index (χ4n) is 1.94. The number of primary amides is 1. The standard InChI is InChI=1S/C10H12N2O2/c1-6-9(10(11)14)8(13)5-7-3-2-4-12(6)7/h5,13H,1-4H2,(H2,11,14). The number of nitrogens with zero attached hydrogens (tertiary/aromatic N) is 1. The molecule has 1 fully saturated rings. The summed E-state index contributed by atoms with van der Waals surface area (Å²) in [6, 6.07) is 0. The first-order chi connectivity index (χ1) is 6.61. The summed E-state index contributed by atoms with van der Waals surface area (Å²) in [6.07, 6.45) is 3.53. The molecule has 0 radical (unpaired) electrons. The minimum Gasteiger partial charge on any atom is -0.507 e. The zero-order chi connectivity index (χ0) is 10.3. The van der Waals surface area contributed by atoms with Gasteiger partial charge in [0.2, 0.25) is 0 Å². The van der Waals surface area contributed by atoms with Gasteiger partial charge < -0.3 is 15.7 Å². The van der Waals surface area contributed by atoms with Crippen molar-refractivity contribution >= 4 is 5.91 Å². The van der Waals surface area contributed by atoms with Crippen LogP contribution in [-0.2, 0) is 4.79 Å². The van der Waals surface area contributed by atoms with Crippen molar-refractivity contribution in [3.8, 4) is 0 Å². The van der Waals surface area contributed by atoms with Crippen molar-refractivity contribution in [1.82, 2.24) is 4.90 Å². The molecule has 4 heteroatoms. The van der Waals surface area contributed by atoms with E-state index in [1.54, 1.807) is 6.08 Å². The summed E-state index contributed by atoms with van der Waals surface area (Å²) in [5.74, 6) is -0.689. The van der Waals surface area contributed by atoms with Crippen molar-refractivity contribution in [2.45, 2.75) is 12.8 Å². The van der Waals surface area contributed by atoms with Gasteiger partial charge in [0, 0.05) is 18.3 Å². The largest absolute Gasteiger partial charge is 0.507 e. The Balaban J connectivity index is 2.47. The lowest BCUT2D eigenvalue weighted by atomic mass is 10.1. The van der Waals surface area contributed by atoms with E-state index in [2.05, 4.69) is 6.58 Å². The van der Waals surface area contributed by atoms with Crippen LogP contribution >= 0.6 is 0 Å². The Morgan fingerprint density at radius 3 is 3.00 bits per heavy atom. The number of allylic oxidation sites excluding steroid dienone is 2. The highest BCUT2D eigenvalue weighted by molar-refractivity contribution is 5.97. The van der Waals surface area contributed by atoms with E-state index >= 15 is 0 Å². The number of hydrogen-bond donors (Lipinski definition) is 2. The van der Waals surface area contributed by atoms with Crippen LogP contribution in [0.25, 0.3) is 0 Å². The minimum atomic E-state index is -0.630. The zero-order valence-corrected chi connectivity index (χ0v) is 7.79. The van der Waals surface area contributed by atoms with Crippen molar-refractivity contribution in [3.63, 3.8) is 0 Å². The molecule has 3 N–H and O–H groups in total. The third kappa shape index (κ3) is 1.11. The molecule has 0 aromatic rings. The van der Waals surface area contributed by atoms with Gasteiger partial charge in [0.25, 0.3) is 5.91 Å². The highest BCUT2D eigenvalue weighted by atomic mass is 16.3. The molecule has 1 saturated heterocycles. The third-order valence-electron chi connectivity index (χ3n) is 2.58. The Morgan fingerprint density at radius 1 is 1.64 bits per heavy atom. The molecule has 1 amide bonds. The van der Waals surface area contributed by atoms with Gasteiger partial charge in [-0.3, -0.25) is 4.79 Å². The van der Waals surface area contributed by atoms with Crippen molar-refractivity contribution < 1.29 is 9.90 Å². The van der Waals surface area contributed by atoms with E-state index in [0.29, 0.717) is 5.70 Å². The number of fused-ring (bicyclic) bond motifs is 1. The molecule has 0 spiro atoms. The third-order valence-corrected chi connectivity index (χ3v) is 2.58. The van der Waals surface area contributed by atoms with Crippen LogP contribution in [-0.4, -0.2) is 22.5 Å². The van der Waals surface area contributed by atoms with E-state index < -0.39 is 5.91 Å². The van der Waals surface area contributed by atoms with Crippen LogP contribution in [0.1, 0.15) is 12.8 Å². The number of carbonyl (C=O) groups is 1. The number of amides is 1. The summed E-state index contributed by atoms with van der Waals surface area (Å²) < 4.78 is 0. The molecule has 2 aliphatic rings. The summed E-state index contributed by atoms with van der Waals surface area (Å²) in [5.41, 5.74) is 6.82. The van der Waals surface area contributed by atoms with E-state index in [1.165, 1.54) is 0 Å². The number of aliphatic hydroxyl groups excluding tert-OH is 1. The normalized spacial score (nSPS) is 21.0. The molecule has 0 aliphatic carbocycles. The van der Waals surface area contributed by atoms with Gasteiger partial charge in [-0.15, -0.1) is 0 Å². The molecule has 2 aliphatic heterocycles. The molecule has 0 aromatic heterocycles. The van der Waals surface area contributed by atoms with Crippen LogP contribution in [0, 0.1) is 0 Å². The maximum Gasteiger partial charge on any atom is 0.254 e. The van der Waals surface area contributed by atoms with Crippen LogP contribution in [0.4, 0.5) is 0 Å². The van der Waals surface area contributed by atoms with Gasteiger partial charge in [-0.2, -0.15) is 0 Å². The lowest BCUT2D eigenvalue weighted by Gasteiger charge is -2.27. The van der Waals surface area contributed by atoms with Crippen LogP contribution in [0.5, 0.6) is 0 Å². The predicted octanol–water partition coefficient (Wildman–Crippen LogP) is 0.791. The Labute approximate surface area is 82.0 Å². The first kappa shape index (κ1) is 8.87. The fraction of sp³-hybridized carbons (Fsp3) is 0.300. The average Bonchev–Trinajstić information content (AvgIpc) is 2.50. The molecular formula is C10H12N2O2. The van der Waals surface area contributed by atoms with Crippen LogP contribution in [0.2, 0.25) is 0 Å². The lowest BCUT2D eigenvalue weighted by Crippen LogP contribution is -2.28. The maximum atomic E-state index is 11.1. The predicted molar refractivity (Wildman–Crippen MR) is 52.0 cm³/mol. The Morgan fingerprint density at radius 2 is 2.36 bits per heavy atom. The van der Waals surface area contributed by atoms with E-state index in [1.807, 2.05) is 4.90 Å². The molecule has 4 nitrogen and oxygen atoms in total. The summed E-state index contributed by atoms with van der Waals surface area (Å²) >= 11 is 0. The van der Waals surface area contributed by atoms with Crippen LogP contribution in [0.3, 0.4) is 0 Å². The molecule has 74 valence electrons. The highest BCUT2D eigenvalue weighted by Crippen LogP contribution is 2.33.